The van der Waals surface area contributed by atoms with Crippen LogP contribution in [0.1, 0.15) is 69.7 Å². The average Bonchev–Trinajstić information content (AvgIpc) is 2.73. The fourth-order valence-corrected chi connectivity index (χ4v) is 4.95. The molecule has 25 heavy (non-hydrogen) atoms. The van der Waals surface area contributed by atoms with Crippen molar-refractivity contribution in [1.29, 1.82) is 0 Å². The van der Waals surface area contributed by atoms with Crippen molar-refractivity contribution in [3.8, 4) is 0 Å². The molecule has 0 aliphatic heterocycles. The van der Waals surface area contributed by atoms with Crippen molar-refractivity contribution in [2.24, 2.45) is 0 Å². The van der Waals surface area contributed by atoms with E-state index in [1.54, 1.807) is 26.8 Å². The standard InChI is InChI=1S/C18H27ClN2O3S/c1-18(2,3)21-25(23,24)16-12-13(10-11-15(16)19)17(22)20-14-8-6-4-5-7-9-14/h10-12,14,21H,4-9H2,1-3H3,(H,20,22). The number of halogens is 1. The van der Waals surface area contributed by atoms with E-state index in [1.165, 1.54) is 25.0 Å². The Morgan fingerprint density at radius 1 is 1.12 bits per heavy atom. The number of hydrogen-bond acceptors (Lipinski definition) is 3. The van der Waals surface area contributed by atoms with E-state index in [1.807, 2.05) is 0 Å². The summed E-state index contributed by atoms with van der Waals surface area (Å²) in [5, 5.41) is 3.12. The topological polar surface area (TPSA) is 75.3 Å². The highest BCUT2D eigenvalue weighted by Crippen LogP contribution is 2.24. The van der Waals surface area contributed by atoms with Crippen LogP contribution in [-0.2, 0) is 10.0 Å². The number of carbonyl (C=O) groups is 1. The zero-order valence-corrected chi connectivity index (χ0v) is 16.6. The summed E-state index contributed by atoms with van der Waals surface area (Å²) in [7, 11) is -3.81. The van der Waals surface area contributed by atoms with Gasteiger partial charge in [-0.15, -0.1) is 0 Å². The number of carbonyl (C=O) groups excluding carboxylic acids is 1. The molecule has 2 N–H and O–H groups in total. The molecule has 0 bridgehead atoms. The maximum Gasteiger partial charge on any atom is 0.251 e. The first-order chi connectivity index (χ1) is 11.6. The van der Waals surface area contributed by atoms with Gasteiger partial charge in [0.1, 0.15) is 4.90 Å². The summed E-state index contributed by atoms with van der Waals surface area (Å²) >= 11 is 6.08. The minimum Gasteiger partial charge on any atom is -0.349 e. The van der Waals surface area contributed by atoms with E-state index >= 15 is 0 Å². The molecular formula is C18H27ClN2O3S. The van der Waals surface area contributed by atoms with Crippen LogP contribution in [0.5, 0.6) is 0 Å². The van der Waals surface area contributed by atoms with Gasteiger partial charge in [-0.25, -0.2) is 13.1 Å². The van der Waals surface area contributed by atoms with E-state index < -0.39 is 15.6 Å². The zero-order valence-electron chi connectivity index (χ0n) is 15.1. The number of amides is 1. The number of benzene rings is 1. The maximum atomic E-state index is 12.6. The predicted octanol–water partition coefficient (Wildman–Crippen LogP) is 3.87. The lowest BCUT2D eigenvalue weighted by atomic mass is 10.1. The Bertz CT molecular complexity index is 718. The molecular weight excluding hydrogens is 360 g/mol. The van der Waals surface area contributed by atoms with Gasteiger partial charge in [0.05, 0.1) is 5.02 Å². The van der Waals surface area contributed by atoms with E-state index in [4.69, 9.17) is 11.6 Å². The van der Waals surface area contributed by atoms with Crippen LogP contribution in [0.15, 0.2) is 23.1 Å². The lowest BCUT2D eigenvalue weighted by Gasteiger charge is -2.21. The molecule has 0 radical (unpaired) electrons. The molecule has 0 spiro atoms. The zero-order chi connectivity index (χ0) is 18.7. The molecule has 1 aromatic carbocycles. The second kappa shape index (κ2) is 8.06. The van der Waals surface area contributed by atoms with Gasteiger partial charge < -0.3 is 5.32 Å². The smallest absolute Gasteiger partial charge is 0.251 e. The van der Waals surface area contributed by atoms with Gasteiger partial charge in [0.2, 0.25) is 10.0 Å². The summed E-state index contributed by atoms with van der Waals surface area (Å²) in [6, 6.07) is 4.52. The number of sulfonamides is 1. The molecule has 0 atom stereocenters. The molecule has 1 aromatic rings. The molecule has 1 amide bonds. The highest BCUT2D eigenvalue weighted by Gasteiger charge is 2.25. The molecule has 140 valence electrons. The third-order valence-electron chi connectivity index (χ3n) is 4.11. The largest absolute Gasteiger partial charge is 0.349 e. The molecule has 1 saturated carbocycles. The third kappa shape index (κ3) is 5.97. The first kappa shape index (κ1) is 20.2. The van der Waals surface area contributed by atoms with E-state index in [0.29, 0.717) is 5.56 Å². The summed E-state index contributed by atoms with van der Waals surface area (Å²) in [5.41, 5.74) is -0.330. The van der Waals surface area contributed by atoms with Crippen molar-refractivity contribution in [2.45, 2.75) is 75.8 Å². The van der Waals surface area contributed by atoms with E-state index in [0.717, 1.165) is 25.7 Å². The second-order valence-electron chi connectivity index (χ2n) is 7.66. The Labute approximate surface area is 155 Å². The Kier molecular flexibility index (Phi) is 6.51. The average molecular weight is 387 g/mol. The van der Waals surface area contributed by atoms with Crippen LogP contribution in [0, 0.1) is 0 Å². The van der Waals surface area contributed by atoms with Gasteiger partial charge in [-0.3, -0.25) is 4.79 Å². The van der Waals surface area contributed by atoms with Crippen LogP contribution in [0.25, 0.3) is 0 Å². The fraction of sp³-hybridized carbons (Fsp3) is 0.611. The van der Waals surface area contributed by atoms with E-state index in [2.05, 4.69) is 10.0 Å². The lowest BCUT2D eigenvalue weighted by molar-refractivity contribution is 0.0933. The maximum absolute atomic E-state index is 12.6. The van der Waals surface area contributed by atoms with Gasteiger partial charge in [-0.2, -0.15) is 0 Å². The van der Waals surface area contributed by atoms with Crippen LogP contribution in [0.4, 0.5) is 0 Å². The first-order valence-corrected chi connectivity index (χ1v) is 10.6. The Morgan fingerprint density at radius 3 is 2.28 bits per heavy atom. The van der Waals surface area contributed by atoms with E-state index in [9.17, 15) is 13.2 Å². The minimum atomic E-state index is -3.81. The molecule has 2 rings (SSSR count). The van der Waals surface area contributed by atoms with Gasteiger partial charge >= 0.3 is 0 Å². The normalized spacial score (nSPS) is 17.1. The van der Waals surface area contributed by atoms with E-state index in [-0.39, 0.29) is 21.9 Å². The summed E-state index contributed by atoms with van der Waals surface area (Å²) < 4.78 is 27.7. The SMILES string of the molecule is CC(C)(C)NS(=O)(=O)c1cc(C(=O)NC2CCCCCC2)ccc1Cl. The minimum absolute atomic E-state index is 0.0717. The van der Waals surface area contributed by atoms with Gasteiger partial charge in [-0.05, 0) is 51.8 Å². The van der Waals surface area contributed by atoms with Crippen LogP contribution in [-0.4, -0.2) is 25.9 Å². The second-order valence-corrected chi connectivity index (χ2v) is 9.72. The fourth-order valence-electron chi connectivity index (χ4n) is 3.00. The molecule has 0 unspecified atom stereocenters. The molecule has 1 aliphatic rings. The predicted molar refractivity (Wildman–Crippen MR) is 100 cm³/mol. The molecule has 1 aliphatic carbocycles. The lowest BCUT2D eigenvalue weighted by Crippen LogP contribution is -2.40. The Morgan fingerprint density at radius 2 is 1.72 bits per heavy atom. The number of nitrogens with one attached hydrogen (secondary N) is 2. The van der Waals surface area contributed by atoms with Crippen molar-refractivity contribution in [1.82, 2.24) is 10.0 Å². The molecule has 0 aromatic heterocycles. The van der Waals surface area contributed by atoms with Crippen molar-refractivity contribution in [3.63, 3.8) is 0 Å². The Balaban J connectivity index is 2.21. The van der Waals surface area contributed by atoms with Crippen LogP contribution in [0.3, 0.4) is 0 Å². The van der Waals surface area contributed by atoms with Gasteiger partial charge in [0.25, 0.3) is 5.91 Å². The summed E-state index contributed by atoms with van der Waals surface area (Å²) in [4.78, 5) is 12.5. The molecule has 0 saturated heterocycles. The summed E-state index contributed by atoms with van der Waals surface area (Å²) in [6.45, 7) is 5.25. The Hall–Kier alpha value is -1.11. The summed E-state index contributed by atoms with van der Waals surface area (Å²) in [6.07, 6.45) is 6.57. The van der Waals surface area contributed by atoms with Crippen LogP contribution < -0.4 is 10.0 Å². The number of rotatable bonds is 4. The number of hydrogen-bond donors (Lipinski definition) is 2. The van der Waals surface area contributed by atoms with Crippen LogP contribution in [0.2, 0.25) is 5.02 Å². The van der Waals surface area contributed by atoms with Gasteiger partial charge in [0, 0.05) is 17.1 Å². The highest BCUT2D eigenvalue weighted by molar-refractivity contribution is 7.89. The monoisotopic (exact) mass is 386 g/mol. The molecule has 0 heterocycles. The van der Waals surface area contributed by atoms with Gasteiger partial charge in [0.15, 0.2) is 0 Å². The molecule has 5 nitrogen and oxygen atoms in total. The third-order valence-corrected chi connectivity index (χ3v) is 6.35. The van der Waals surface area contributed by atoms with Crippen molar-refractivity contribution < 1.29 is 13.2 Å². The van der Waals surface area contributed by atoms with Crippen molar-refractivity contribution in [3.05, 3.63) is 28.8 Å². The quantitative estimate of drug-likeness (QED) is 0.771. The van der Waals surface area contributed by atoms with Gasteiger partial charge in [-0.1, -0.05) is 37.3 Å². The van der Waals surface area contributed by atoms with Crippen molar-refractivity contribution >= 4 is 27.5 Å². The molecule has 7 heteroatoms. The van der Waals surface area contributed by atoms with Crippen molar-refractivity contribution in [2.75, 3.05) is 0 Å². The summed E-state index contributed by atoms with van der Waals surface area (Å²) in [5.74, 6) is -0.254. The highest BCUT2D eigenvalue weighted by atomic mass is 35.5. The van der Waals surface area contributed by atoms with Crippen LogP contribution >= 0.6 is 11.6 Å². The first-order valence-electron chi connectivity index (χ1n) is 8.73. The molecule has 1 fully saturated rings.